The molecule has 0 saturated carbocycles. The van der Waals surface area contributed by atoms with E-state index in [9.17, 15) is 19.9 Å². The van der Waals surface area contributed by atoms with Crippen LogP contribution in [0.2, 0.25) is 0 Å². The normalized spacial score (nSPS) is 11.4. The zero-order valence-electron chi connectivity index (χ0n) is 9.89. The van der Waals surface area contributed by atoms with Gasteiger partial charge in [0.05, 0.1) is 30.6 Å². The van der Waals surface area contributed by atoms with Gasteiger partial charge in [0.25, 0.3) is 0 Å². The number of urea groups is 1. The van der Waals surface area contributed by atoms with Crippen LogP contribution < -0.4 is 5.32 Å². The molecule has 0 unspecified atom stereocenters. The second kappa shape index (κ2) is 7.41. The number of hydrogen-bond acceptors (Lipinski definition) is 5. The summed E-state index contributed by atoms with van der Waals surface area (Å²) in [7, 11) is 0. The molecule has 0 aromatic heterocycles. The standard InChI is InChI=1S/C9H18ClN3O4/c1-7(2)9(5-14,6-15)11-8(16)13(12-17)4-3-10/h7,14-15H,3-6H2,1-2H3,(H,11,16). The van der Waals surface area contributed by atoms with Crippen molar-refractivity contribution >= 4 is 17.6 Å². The molecule has 0 aromatic carbocycles. The van der Waals surface area contributed by atoms with Gasteiger partial charge in [0.15, 0.2) is 0 Å². The van der Waals surface area contributed by atoms with Crippen molar-refractivity contribution < 1.29 is 15.0 Å². The Bertz CT molecular complexity index is 259. The summed E-state index contributed by atoms with van der Waals surface area (Å²) in [6, 6.07) is -0.794. The maximum absolute atomic E-state index is 11.6. The van der Waals surface area contributed by atoms with Crippen molar-refractivity contribution in [2.45, 2.75) is 19.4 Å². The highest BCUT2D eigenvalue weighted by Crippen LogP contribution is 2.16. The minimum atomic E-state index is -1.19. The Morgan fingerprint density at radius 3 is 2.29 bits per heavy atom. The van der Waals surface area contributed by atoms with Crippen LogP contribution in [0.4, 0.5) is 4.79 Å². The smallest absolute Gasteiger partial charge is 0.341 e. The van der Waals surface area contributed by atoms with Crippen molar-refractivity contribution in [2.24, 2.45) is 11.2 Å². The summed E-state index contributed by atoms with van der Waals surface area (Å²) in [5.41, 5.74) is -1.19. The maximum atomic E-state index is 11.6. The molecule has 0 fully saturated rings. The average molecular weight is 268 g/mol. The molecule has 0 atom stereocenters. The van der Waals surface area contributed by atoms with E-state index in [1.165, 1.54) is 0 Å². The van der Waals surface area contributed by atoms with Crippen LogP contribution >= 0.6 is 11.6 Å². The van der Waals surface area contributed by atoms with Crippen LogP contribution in [0, 0.1) is 10.8 Å². The molecule has 0 radical (unpaired) electrons. The number of carbonyl (C=O) groups excluding carboxylic acids is 1. The Labute approximate surface area is 105 Å². The van der Waals surface area contributed by atoms with Gasteiger partial charge in [0.2, 0.25) is 0 Å². The van der Waals surface area contributed by atoms with E-state index >= 15 is 0 Å². The molecular formula is C9H18ClN3O4. The number of nitrogens with one attached hydrogen (secondary N) is 1. The highest BCUT2D eigenvalue weighted by atomic mass is 35.5. The lowest BCUT2D eigenvalue weighted by Crippen LogP contribution is -2.60. The summed E-state index contributed by atoms with van der Waals surface area (Å²) in [6.45, 7) is 2.53. The number of rotatable bonds is 7. The molecule has 0 heterocycles. The maximum Gasteiger partial charge on any atom is 0.341 e. The predicted octanol–water partition coefficient (Wildman–Crippen LogP) is 0.298. The monoisotopic (exact) mass is 267 g/mol. The van der Waals surface area contributed by atoms with Gasteiger partial charge in [-0.05, 0) is 5.92 Å². The van der Waals surface area contributed by atoms with Gasteiger partial charge in [-0.3, -0.25) is 0 Å². The molecule has 100 valence electrons. The quantitative estimate of drug-likeness (QED) is 0.351. The zero-order chi connectivity index (χ0) is 13.5. The van der Waals surface area contributed by atoms with Crippen LogP contribution in [-0.4, -0.2) is 52.4 Å². The fourth-order valence-electron chi connectivity index (χ4n) is 1.18. The molecule has 0 bridgehead atoms. The molecule has 0 aliphatic heterocycles. The van der Waals surface area contributed by atoms with Crippen LogP contribution in [0.3, 0.4) is 0 Å². The van der Waals surface area contributed by atoms with Crippen molar-refractivity contribution in [3.63, 3.8) is 0 Å². The van der Waals surface area contributed by atoms with E-state index in [1.54, 1.807) is 13.8 Å². The lowest BCUT2D eigenvalue weighted by atomic mass is 9.88. The van der Waals surface area contributed by atoms with E-state index in [0.717, 1.165) is 0 Å². The van der Waals surface area contributed by atoms with Crippen LogP contribution in [-0.2, 0) is 0 Å². The summed E-state index contributed by atoms with van der Waals surface area (Å²) in [4.78, 5) is 22.0. The van der Waals surface area contributed by atoms with Gasteiger partial charge in [-0.1, -0.05) is 13.8 Å². The highest BCUT2D eigenvalue weighted by Gasteiger charge is 2.35. The first-order chi connectivity index (χ1) is 7.97. The number of aliphatic hydroxyl groups excluding tert-OH is 2. The van der Waals surface area contributed by atoms with Gasteiger partial charge in [-0.15, -0.1) is 16.5 Å². The van der Waals surface area contributed by atoms with Crippen molar-refractivity contribution in [3.05, 3.63) is 4.91 Å². The Balaban J connectivity index is 4.76. The van der Waals surface area contributed by atoms with E-state index in [0.29, 0.717) is 5.01 Å². The number of nitrogens with zero attached hydrogens (tertiary/aromatic N) is 2. The largest absolute Gasteiger partial charge is 0.394 e. The van der Waals surface area contributed by atoms with Gasteiger partial charge in [0.1, 0.15) is 0 Å². The van der Waals surface area contributed by atoms with Gasteiger partial charge in [-0.2, -0.15) is 5.01 Å². The summed E-state index contributed by atoms with van der Waals surface area (Å²) < 4.78 is 0. The molecular weight excluding hydrogens is 250 g/mol. The van der Waals surface area contributed by atoms with Gasteiger partial charge in [0, 0.05) is 5.88 Å². The first-order valence-electron chi connectivity index (χ1n) is 5.18. The zero-order valence-corrected chi connectivity index (χ0v) is 10.6. The Hall–Kier alpha value is -0.920. The van der Waals surface area contributed by atoms with Crippen molar-refractivity contribution in [2.75, 3.05) is 25.6 Å². The number of alkyl halides is 1. The number of halogens is 1. The predicted molar refractivity (Wildman–Crippen MR) is 63.5 cm³/mol. The third-order valence-corrected chi connectivity index (χ3v) is 2.82. The van der Waals surface area contributed by atoms with E-state index in [-0.39, 0.29) is 18.3 Å². The van der Waals surface area contributed by atoms with E-state index in [2.05, 4.69) is 10.6 Å². The van der Waals surface area contributed by atoms with Crippen LogP contribution in [0.1, 0.15) is 13.8 Å². The number of carbonyl (C=O) groups is 1. The molecule has 0 rings (SSSR count). The second-order valence-electron chi connectivity index (χ2n) is 3.95. The second-order valence-corrected chi connectivity index (χ2v) is 4.33. The van der Waals surface area contributed by atoms with Crippen LogP contribution in [0.25, 0.3) is 0 Å². The topological polar surface area (TPSA) is 102 Å². The minimum Gasteiger partial charge on any atom is -0.394 e. The average Bonchev–Trinajstić information content (AvgIpc) is 2.32. The lowest BCUT2D eigenvalue weighted by molar-refractivity contribution is 0.0584. The van der Waals surface area contributed by atoms with Gasteiger partial charge in [-0.25, -0.2) is 4.79 Å². The molecule has 0 aromatic rings. The van der Waals surface area contributed by atoms with Crippen LogP contribution in [0.15, 0.2) is 5.29 Å². The molecule has 3 N–H and O–H groups in total. The minimum absolute atomic E-state index is 0.0398. The first kappa shape index (κ1) is 16.1. The summed E-state index contributed by atoms with van der Waals surface area (Å²) in [6.07, 6.45) is 0. The number of hydrogen-bond donors (Lipinski definition) is 3. The molecule has 8 heteroatoms. The Morgan fingerprint density at radius 1 is 1.47 bits per heavy atom. The first-order valence-corrected chi connectivity index (χ1v) is 5.71. The van der Waals surface area contributed by atoms with Gasteiger partial charge >= 0.3 is 6.03 Å². The molecule has 0 saturated heterocycles. The summed E-state index contributed by atoms with van der Waals surface area (Å²) >= 11 is 5.40. The SMILES string of the molecule is CC(C)C(CO)(CO)NC(=O)N(CCCl)N=O. The molecule has 0 spiro atoms. The molecule has 0 aliphatic carbocycles. The number of aliphatic hydroxyl groups is 2. The third kappa shape index (κ3) is 4.10. The number of nitroso groups, excluding NO2 is 1. The fraction of sp³-hybridized carbons (Fsp3) is 0.889. The molecule has 7 nitrogen and oxygen atoms in total. The summed E-state index contributed by atoms with van der Waals surface area (Å²) in [5, 5.41) is 24.0. The van der Waals surface area contributed by atoms with E-state index in [1.807, 2.05) is 0 Å². The Morgan fingerprint density at radius 2 is 2.00 bits per heavy atom. The molecule has 2 amide bonds. The van der Waals surface area contributed by atoms with Crippen molar-refractivity contribution in [3.8, 4) is 0 Å². The lowest BCUT2D eigenvalue weighted by Gasteiger charge is -2.35. The molecule has 0 aliphatic rings. The molecule has 17 heavy (non-hydrogen) atoms. The highest BCUT2D eigenvalue weighted by molar-refractivity contribution is 6.18. The van der Waals surface area contributed by atoms with Crippen molar-refractivity contribution in [1.82, 2.24) is 10.3 Å². The van der Waals surface area contributed by atoms with Crippen molar-refractivity contribution in [1.29, 1.82) is 0 Å². The summed E-state index contributed by atoms with van der Waals surface area (Å²) in [5.74, 6) is -0.155. The number of amides is 2. The fourth-order valence-corrected chi connectivity index (χ4v) is 1.34. The van der Waals surface area contributed by atoms with E-state index in [4.69, 9.17) is 11.6 Å². The van der Waals surface area contributed by atoms with E-state index < -0.39 is 24.8 Å². The van der Waals surface area contributed by atoms with Gasteiger partial charge < -0.3 is 15.5 Å². The third-order valence-electron chi connectivity index (χ3n) is 2.65. The van der Waals surface area contributed by atoms with Crippen LogP contribution in [0.5, 0.6) is 0 Å². The Kier molecular flexibility index (Phi) is 7.01.